The molecule has 41 heavy (non-hydrogen) atoms. The predicted molar refractivity (Wildman–Crippen MR) is 167 cm³/mol. The van der Waals surface area contributed by atoms with Gasteiger partial charge in [-0.05, 0) is 36.8 Å². The summed E-state index contributed by atoms with van der Waals surface area (Å²) in [5.74, 6) is 1.80. The summed E-state index contributed by atoms with van der Waals surface area (Å²) < 4.78 is 10.7. The van der Waals surface area contributed by atoms with Gasteiger partial charge < -0.3 is 19.3 Å². The Bertz CT molecular complexity index is 1080. The lowest BCUT2D eigenvalue weighted by atomic mass is 10.1. The minimum atomic E-state index is -0.0131. The highest BCUT2D eigenvalue weighted by Crippen LogP contribution is 2.19. The summed E-state index contributed by atoms with van der Waals surface area (Å²) >= 11 is 0. The minimum Gasteiger partial charge on any atom is -0.497 e. The molecule has 0 saturated carbocycles. The highest BCUT2D eigenvalue weighted by molar-refractivity contribution is 5.94. The van der Waals surface area contributed by atoms with Gasteiger partial charge in [-0.15, -0.1) is 0 Å². The smallest absolute Gasteiger partial charge is 0.254 e. The number of unbranched alkanes of at least 4 members (excludes halogenated alkanes) is 6. The molecule has 0 N–H and O–H groups in total. The van der Waals surface area contributed by atoms with Gasteiger partial charge in [-0.2, -0.15) is 0 Å². The summed E-state index contributed by atoms with van der Waals surface area (Å²) in [5.41, 5.74) is 1.61. The van der Waals surface area contributed by atoms with Crippen molar-refractivity contribution in [3.63, 3.8) is 0 Å². The van der Waals surface area contributed by atoms with Crippen molar-refractivity contribution in [3.05, 3.63) is 65.7 Å². The van der Waals surface area contributed by atoms with Crippen LogP contribution in [0.5, 0.6) is 11.5 Å². The number of hydrogen-bond donors (Lipinski definition) is 0. The molecule has 1 heterocycles. The number of ether oxygens (including phenoxy) is 2. The van der Waals surface area contributed by atoms with Crippen molar-refractivity contribution in [1.29, 1.82) is 0 Å². The molecular weight excluding hydrogens is 514 g/mol. The molecule has 0 unspecified atom stereocenters. The van der Waals surface area contributed by atoms with Crippen LogP contribution < -0.4 is 9.47 Å². The first-order valence-corrected chi connectivity index (χ1v) is 15.3. The van der Waals surface area contributed by atoms with Crippen LogP contribution in [0.15, 0.2) is 54.6 Å². The van der Waals surface area contributed by atoms with E-state index in [1.54, 1.807) is 14.2 Å². The second-order valence-corrected chi connectivity index (χ2v) is 10.7. The Morgan fingerprint density at radius 1 is 0.854 bits per heavy atom. The van der Waals surface area contributed by atoms with E-state index < -0.39 is 0 Å². The Balaban J connectivity index is 1.50. The molecule has 7 nitrogen and oxygen atoms in total. The number of para-hydroxylation sites is 1. The van der Waals surface area contributed by atoms with Crippen molar-refractivity contribution in [2.24, 2.45) is 0 Å². The molecule has 1 aliphatic rings. The lowest BCUT2D eigenvalue weighted by Crippen LogP contribution is -2.50. The van der Waals surface area contributed by atoms with Crippen LogP contribution >= 0.6 is 0 Å². The van der Waals surface area contributed by atoms with Gasteiger partial charge in [-0.3, -0.25) is 14.5 Å². The summed E-state index contributed by atoms with van der Waals surface area (Å²) in [7, 11) is 3.28. The van der Waals surface area contributed by atoms with E-state index >= 15 is 0 Å². The van der Waals surface area contributed by atoms with Gasteiger partial charge in [-0.1, -0.05) is 75.8 Å². The number of nitrogens with zero attached hydrogens (tertiary/aromatic N) is 3. The van der Waals surface area contributed by atoms with Crippen molar-refractivity contribution in [2.45, 2.75) is 58.3 Å². The van der Waals surface area contributed by atoms with Crippen LogP contribution in [0, 0.1) is 0 Å². The molecule has 7 heteroatoms. The van der Waals surface area contributed by atoms with Crippen LogP contribution in [0.1, 0.15) is 74.2 Å². The molecule has 1 saturated heterocycles. The van der Waals surface area contributed by atoms with Gasteiger partial charge in [0.15, 0.2) is 0 Å². The molecule has 0 spiro atoms. The molecule has 0 aliphatic carbocycles. The summed E-state index contributed by atoms with van der Waals surface area (Å²) in [6.45, 7) is 7.29. The van der Waals surface area contributed by atoms with E-state index in [0.29, 0.717) is 25.1 Å². The number of amides is 2. The van der Waals surface area contributed by atoms with Gasteiger partial charge in [0.25, 0.3) is 5.91 Å². The zero-order valence-corrected chi connectivity index (χ0v) is 25.4. The van der Waals surface area contributed by atoms with Crippen LogP contribution in [0.25, 0.3) is 6.08 Å². The monoisotopic (exact) mass is 563 g/mol. The number of methoxy groups -OCH3 is 2. The van der Waals surface area contributed by atoms with Crippen LogP contribution in [0.3, 0.4) is 0 Å². The van der Waals surface area contributed by atoms with E-state index in [-0.39, 0.29) is 11.8 Å². The Hall–Kier alpha value is -3.32. The van der Waals surface area contributed by atoms with Gasteiger partial charge in [-0.25, -0.2) is 0 Å². The zero-order valence-electron chi connectivity index (χ0n) is 25.4. The molecule has 224 valence electrons. The van der Waals surface area contributed by atoms with E-state index in [1.807, 2.05) is 70.5 Å². The fourth-order valence-corrected chi connectivity index (χ4v) is 5.18. The molecular formula is C34H49N3O4. The SMILES string of the molecule is CCCCCCCCCC(=O)N1CCN(CCN(CC=Cc2ccccc2OC)C(=O)c2ccc(OC)cc2)CC1. The molecule has 0 radical (unpaired) electrons. The molecule has 0 atom stereocenters. The minimum absolute atomic E-state index is 0.0131. The maximum atomic E-state index is 13.5. The van der Waals surface area contributed by atoms with Crippen LogP contribution in [0.2, 0.25) is 0 Å². The summed E-state index contributed by atoms with van der Waals surface area (Å²) in [5, 5.41) is 0. The summed E-state index contributed by atoms with van der Waals surface area (Å²) in [6, 6.07) is 15.1. The highest BCUT2D eigenvalue weighted by atomic mass is 16.5. The topological polar surface area (TPSA) is 62.3 Å². The maximum absolute atomic E-state index is 13.5. The average Bonchev–Trinajstić information content (AvgIpc) is 3.02. The quantitative estimate of drug-likeness (QED) is 0.216. The number of carbonyl (C=O) groups is 2. The second-order valence-electron chi connectivity index (χ2n) is 10.7. The molecule has 0 bridgehead atoms. The third-order valence-electron chi connectivity index (χ3n) is 7.79. The summed E-state index contributed by atoms with van der Waals surface area (Å²) in [4.78, 5) is 32.4. The Morgan fingerprint density at radius 3 is 2.22 bits per heavy atom. The van der Waals surface area contributed by atoms with Crippen molar-refractivity contribution in [2.75, 3.05) is 60.0 Å². The van der Waals surface area contributed by atoms with Crippen molar-refractivity contribution < 1.29 is 19.1 Å². The predicted octanol–water partition coefficient (Wildman–Crippen LogP) is 6.14. The Kier molecular flexibility index (Phi) is 14.3. The van der Waals surface area contributed by atoms with Gasteiger partial charge in [0.05, 0.1) is 14.2 Å². The van der Waals surface area contributed by atoms with Crippen LogP contribution in [0.4, 0.5) is 0 Å². The number of hydrogen-bond acceptors (Lipinski definition) is 5. The van der Waals surface area contributed by atoms with Crippen LogP contribution in [-0.4, -0.2) is 86.5 Å². The summed E-state index contributed by atoms with van der Waals surface area (Å²) in [6.07, 6.45) is 13.2. The second kappa shape index (κ2) is 18.2. The third-order valence-corrected chi connectivity index (χ3v) is 7.79. The Labute approximate surface area is 247 Å². The normalized spacial score (nSPS) is 13.9. The van der Waals surface area contributed by atoms with Crippen molar-refractivity contribution in [3.8, 4) is 11.5 Å². The van der Waals surface area contributed by atoms with Crippen molar-refractivity contribution in [1.82, 2.24) is 14.7 Å². The molecule has 2 aromatic rings. The number of rotatable bonds is 17. The first-order valence-electron chi connectivity index (χ1n) is 15.3. The van der Waals surface area contributed by atoms with E-state index in [4.69, 9.17) is 9.47 Å². The average molecular weight is 564 g/mol. The van der Waals surface area contributed by atoms with E-state index in [2.05, 4.69) is 11.8 Å². The third kappa shape index (κ3) is 10.9. The first-order chi connectivity index (χ1) is 20.0. The van der Waals surface area contributed by atoms with Gasteiger partial charge >= 0.3 is 0 Å². The standard InChI is InChI=1S/C34H49N3O4/c1-4-5-6-7-8-9-10-17-33(38)36-26-23-35(24-27-36)25-28-37(34(39)30-18-20-31(40-2)21-19-30)22-13-15-29-14-11-12-16-32(29)41-3/h11-16,18-21H,4-10,17,22-28H2,1-3H3. The van der Waals surface area contributed by atoms with E-state index in [0.717, 1.165) is 62.6 Å². The maximum Gasteiger partial charge on any atom is 0.254 e. The lowest BCUT2D eigenvalue weighted by molar-refractivity contribution is -0.133. The zero-order chi connectivity index (χ0) is 29.3. The van der Waals surface area contributed by atoms with Crippen LogP contribution in [-0.2, 0) is 4.79 Å². The first kappa shape index (κ1) is 32.2. The van der Waals surface area contributed by atoms with Gasteiger partial charge in [0.1, 0.15) is 11.5 Å². The van der Waals surface area contributed by atoms with Gasteiger partial charge in [0.2, 0.25) is 5.91 Å². The van der Waals surface area contributed by atoms with E-state index in [9.17, 15) is 9.59 Å². The number of benzene rings is 2. The molecule has 2 amide bonds. The highest BCUT2D eigenvalue weighted by Gasteiger charge is 2.22. The van der Waals surface area contributed by atoms with Crippen molar-refractivity contribution >= 4 is 17.9 Å². The lowest BCUT2D eigenvalue weighted by Gasteiger charge is -2.36. The molecule has 1 aliphatic heterocycles. The molecule has 2 aromatic carbocycles. The fourth-order valence-electron chi connectivity index (χ4n) is 5.18. The molecule has 0 aromatic heterocycles. The molecule has 3 rings (SSSR count). The largest absolute Gasteiger partial charge is 0.497 e. The molecule has 1 fully saturated rings. The van der Waals surface area contributed by atoms with Gasteiger partial charge in [0, 0.05) is 63.4 Å². The Morgan fingerprint density at radius 2 is 1.54 bits per heavy atom. The fraction of sp³-hybridized carbons (Fsp3) is 0.529. The number of piperazine rings is 1. The number of carbonyl (C=O) groups excluding carboxylic acids is 2. The van der Waals surface area contributed by atoms with E-state index in [1.165, 1.54) is 32.1 Å².